The van der Waals surface area contributed by atoms with Gasteiger partial charge < -0.3 is 18.9 Å². The van der Waals surface area contributed by atoms with Gasteiger partial charge in [0.1, 0.15) is 0 Å². The van der Waals surface area contributed by atoms with Crippen molar-refractivity contribution in [3.05, 3.63) is 35.9 Å². The first-order valence-electron chi connectivity index (χ1n) is 9.58. The number of hydrogen-bond donors (Lipinski definition) is 0. The van der Waals surface area contributed by atoms with Crippen LogP contribution in [0.5, 0.6) is 0 Å². The summed E-state index contributed by atoms with van der Waals surface area (Å²) in [7, 11) is 0. The zero-order valence-electron chi connectivity index (χ0n) is 15.8. The molecule has 2 saturated heterocycles. The zero-order valence-corrected chi connectivity index (χ0v) is 15.8. The Balaban J connectivity index is 1.66. The van der Waals surface area contributed by atoms with Gasteiger partial charge in [-0.05, 0) is 18.4 Å². The van der Waals surface area contributed by atoms with E-state index in [0.29, 0.717) is 13.2 Å². The minimum absolute atomic E-state index is 0.0446. The quantitative estimate of drug-likeness (QED) is 0.752. The maximum absolute atomic E-state index is 13.2. The van der Waals surface area contributed by atoms with Crippen LogP contribution in [0.2, 0.25) is 0 Å². The van der Waals surface area contributed by atoms with Crippen LogP contribution in [-0.4, -0.2) is 31.3 Å². The molecule has 0 amide bonds. The van der Waals surface area contributed by atoms with Crippen molar-refractivity contribution >= 4 is 5.97 Å². The average molecular weight is 360 g/mol. The monoisotopic (exact) mass is 360 g/mol. The number of benzene rings is 1. The van der Waals surface area contributed by atoms with Crippen molar-refractivity contribution in [2.45, 2.75) is 64.1 Å². The third-order valence-corrected chi connectivity index (χ3v) is 5.86. The van der Waals surface area contributed by atoms with E-state index in [-0.39, 0.29) is 17.3 Å². The Morgan fingerprint density at radius 2 is 1.62 bits per heavy atom. The van der Waals surface area contributed by atoms with E-state index in [1.807, 2.05) is 51.1 Å². The van der Waals surface area contributed by atoms with Crippen LogP contribution in [0, 0.1) is 11.3 Å². The molecule has 1 aliphatic carbocycles. The molecule has 0 radical (unpaired) electrons. The van der Waals surface area contributed by atoms with Gasteiger partial charge in [0, 0.05) is 24.2 Å². The molecule has 5 heteroatoms. The van der Waals surface area contributed by atoms with Gasteiger partial charge in [0.05, 0.1) is 13.2 Å². The second kappa shape index (κ2) is 6.32. The topological polar surface area (TPSA) is 54.0 Å². The van der Waals surface area contributed by atoms with Gasteiger partial charge in [0.25, 0.3) is 0 Å². The fraction of sp³-hybridized carbons (Fsp3) is 0.667. The highest BCUT2D eigenvalue weighted by Crippen LogP contribution is 2.52. The van der Waals surface area contributed by atoms with Crippen molar-refractivity contribution in [3.8, 4) is 0 Å². The van der Waals surface area contributed by atoms with Gasteiger partial charge in [-0.15, -0.1) is 0 Å². The fourth-order valence-electron chi connectivity index (χ4n) is 4.40. The van der Waals surface area contributed by atoms with Crippen LogP contribution in [-0.2, 0) is 29.3 Å². The van der Waals surface area contributed by atoms with E-state index in [1.54, 1.807) is 0 Å². The molecule has 26 heavy (non-hydrogen) atoms. The molecule has 0 unspecified atom stereocenters. The highest BCUT2D eigenvalue weighted by Gasteiger charge is 2.60. The van der Waals surface area contributed by atoms with E-state index in [0.717, 1.165) is 31.2 Å². The van der Waals surface area contributed by atoms with Gasteiger partial charge in [-0.3, -0.25) is 0 Å². The number of carbonyl (C=O) groups excluding carboxylic acids is 1. The summed E-state index contributed by atoms with van der Waals surface area (Å²) in [6, 6.07) is 9.80. The van der Waals surface area contributed by atoms with Crippen molar-refractivity contribution < 1.29 is 23.7 Å². The number of cyclic esters (lactones) is 1. The predicted octanol–water partition coefficient (Wildman–Crippen LogP) is 3.76. The molecular formula is C21H28O5. The second-order valence-corrected chi connectivity index (χ2v) is 8.70. The molecule has 142 valence electrons. The molecule has 2 heterocycles. The Bertz CT molecular complexity index is 649. The lowest BCUT2D eigenvalue weighted by Gasteiger charge is -2.41. The van der Waals surface area contributed by atoms with Crippen LogP contribution in [0.3, 0.4) is 0 Å². The summed E-state index contributed by atoms with van der Waals surface area (Å²) in [5.41, 5.74) is -0.440. The summed E-state index contributed by atoms with van der Waals surface area (Å²) in [5, 5.41) is 0. The maximum atomic E-state index is 13.2. The van der Waals surface area contributed by atoms with Crippen LogP contribution in [0.15, 0.2) is 30.3 Å². The van der Waals surface area contributed by atoms with Gasteiger partial charge in [-0.25, -0.2) is 4.79 Å². The number of esters is 1. The van der Waals surface area contributed by atoms with E-state index < -0.39 is 17.7 Å². The minimum Gasteiger partial charge on any atom is -0.433 e. The molecule has 3 aliphatic rings. The average Bonchev–Trinajstić information content (AvgIpc) is 3.22. The van der Waals surface area contributed by atoms with Crippen molar-refractivity contribution in [3.63, 3.8) is 0 Å². The maximum Gasteiger partial charge on any atom is 0.345 e. The highest BCUT2D eigenvalue weighted by molar-refractivity contribution is 5.83. The first-order valence-corrected chi connectivity index (χ1v) is 9.58. The zero-order chi connectivity index (χ0) is 18.4. The van der Waals surface area contributed by atoms with Crippen LogP contribution in [0.25, 0.3) is 0 Å². The molecule has 2 atom stereocenters. The molecule has 1 saturated carbocycles. The number of hydrogen-bond acceptors (Lipinski definition) is 5. The third kappa shape index (κ3) is 2.86. The highest BCUT2D eigenvalue weighted by atomic mass is 16.8. The normalized spacial score (nSPS) is 32.1. The predicted molar refractivity (Wildman–Crippen MR) is 95.1 cm³/mol. The van der Waals surface area contributed by atoms with E-state index in [4.69, 9.17) is 18.9 Å². The molecule has 1 spiro atoms. The first kappa shape index (κ1) is 18.0. The Morgan fingerprint density at radius 3 is 2.15 bits per heavy atom. The van der Waals surface area contributed by atoms with Gasteiger partial charge in [-0.1, -0.05) is 51.1 Å². The molecule has 4 rings (SSSR count). The van der Waals surface area contributed by atoms with Gasteiger partial charge in [0.2, 0.25) is 6.29 Å². The molecular weight excluding hydrogens is 332 g/mol. The lowest BCUT2D eigenvalue weighted by atomic mass is 9.71. The van der Waals surface area contributed by atoms with E-state index in [9.17, 15) is 4.79 Å². The van der Waals surface area contributed by atoms with E-state index >= 15 is 0 Å². The van der Waals surface area contributed by atoms with Gasteiger partial charge >= 0.3 is 5.97 Å². The van der Waals surface area contributed by atoms with Crippen LogP contribution >= 0.6 is 0 Å². The smallest absolute Gasteiger partial charge is 0.345 e. The summed E-state index contributed by atoms with van der Waals surface area (Å²) in [4.78, 5) is 13.2. The lowest BCUT2D eigenvalue weighted by molar-refractivity contribution is -0.205. The molecule has 1 aromatic carbocycles. The van der Waals surface area contributed by atoms with Crippen LogP contribution < -0.4 is 0 Å². The Labute approximate surface area is 155 Å². The van der Waals surface area contributed by atoms with Gasteiger partial charge in [0.15, 0.2) is 11.4 Å². The van der Waals surface area contributed by atoms with Crippen LogP contribution in [0.1, 0.15) is 52.0 Å². The number of ether oxygens (including phenoxy) is 4. The van der Waals surface area contributed by atoms with Gasteiger partial charge in [-0.2, -0.15) is 0 Å². The third-order valence-electron chi connectivity index (χ3n) is 5.86. The fourth-order valence-corrected chi connectivity index (χ4v) is 4.40. The van der Waals surface area contributed by atoms with Crippen molar-refractivity contribution in [1.29, 1.82) is 0 Å². The summed E-state index contributed by atoms with van der Waals surface area (Å²) in [6.07, 6.45) is 2.62. The molecule has 2 aliphatic heterocycles. The molecule has 3 fully saturated rings. The lowest BCUT2D eigenvalue weighted by Crippen LogP contribution is -2.47. The Morgan fingerprint density at radius 1 is 1.00 bits per heavy atom. The van der Waals surface area contributed by atoms with Crippen LogP contribution in [0.4, 0.5) is 0 Å². The van der Waals surface area contributed by atoms with Crippen molar-refractivity contribution in [2.75, 3.05) is 13.2 Å². The summed E-state index contributed by atoms with van der Waals surface area (Å²) in [6.45, 7) is 7.39. The Hall–Kier alpha value is -1.43. The first-order chi connectivity index (χ1) is 12.4. The molecule has 5 nitrogen and oxygen atoms in total. The van der Waals surface area contributed by atoms with E-state index in [1.165, 1.54) is 0 Å². The Kier molecular flexibility index (Phi) is 4.37. The number of carbonyl (C=O) groups is 1. The minimum atomic E-state index is -1.04. The summed E-state index contributed by atoms with van der Waals surface area (Å²) >= 11 is 0. The molecule has 0 aromatic heterocycles. The number of rotatable bonds is 2. The summed E-state index contributed by atoms with van der Waals surface area (Å²) in [5.74, 6) is -0.679. The summed E-state index contributed by atoms with van der Waals surface area (Å²) < 4.78 is 23.9. The largest absolute Gasteiger partial charge is 0.433 e. The molecule has 1 aromatic rings. The molecule has 0 N–H and O–H groups in total. The van der Waals surface area contributed by atoms with Crippen molar-refractivity contribution in [2.24, 2.45) is 11.3 Å². The second-order valence-electron chi connectivity index (χ2n) is 8.70. The molecule has 0 bridgehead atoms. The standard InChI is InChI=1S/C21H28O5/c1-19(2,3)18-25-17(22)21(26-18,15-7-5-4-6-8-15)16-9-11-20(12-10-16)23-13-14-24-20/h4-8,16,18H,9-14H2,1-3H3/t18-,21-/m0/s1. The van der Waals surface area contributed by atoms with Crippen molar-refractivity contribution in [1.82, 2.24) is 0 Å². The SMILES string of the molecule is CC(C)(C)[C@H]1OC(=O)[C@](c2ccccc2)(C2CCC3(CC2)OCCO3)O1. The van der Waals surface area contributed by atoms with E-state index in [2.05, 4.69) is 0 Å².